The molecule has 0 aliphatic rings. The number of hydrogen-bond acceptors (Lipinski definition) is 7. The maximum absolute atomic E-state index is 12.9. The number of anilines is 1. The van der Waals surface area contributed by atoms with Crippen LogP contribution in [-0.4, -0.2) is 33.4 Å². The van der Waals surface area contributed by atoms with E-state index < -0.39 is 18.5 Å². The van der Waals surface area contributed by atoms with Crippen molar-refractivity contribution in [1.29, 1.82) is 0 Å². The van der Waals surface area contributed by atoms with Gasteiger partial charge in [0, 0.05) is 22.1 Å². The van der Waals surface area contributed by atoms with E-state index in [1.165, 1.54) is 11.3 Å². The predicted molar refractivity (Wildman–Crippen MR) is 166 cm³/mol. The van der Waals surface area contributed by atoms with Crippen LogP contribution in [0.25, 0.3) is 44.8 Å². The number of esters is 1. The summed E-state index contributed by atoms with van der Waals surface area (Å²) in [5.41, 5.74) is 8.86. The molecule has 0 atom stereocenters. The van der Waals surface area contributed by atoms with Crippen LogP contribution in [0.15, 0.2) is 102 Å². The lowest BCUT2D eigenvalue weighted by molar-refractivity contribution is -0.119. The van der Waals surface area contributed by atoms with E-state index in [9.17, 15) is 9.59 Å². The Bertz CT molecular complexity index is 1900. The molecule has 2 heterocycles. The molecule has 0 spiro atoms. The van der Waals surface area contributed by atoms with E-state index in [0.29, 0.717) is 16.2 Å². The first kappa shape index (κ1) is 27.0. The average molecular weight is 571 g/mol. The number of hydrogen-bond donors (Lipinski definition) is 1. The lowest BCUT2D eigenvalue weighted by Crippen LogP contribution is -2.20. The summed E-state index contributed by atoms with van der Waals surface area (Å²) in [7, 11) is 0. The highest BCUT2D eigenvalue weighted by atomic mass is 32.1. The number of thiazole rings is 1. The summed E-state index contributed by atoms with van der Waals surface area (Å²) in [6, 6.07) is 31.0. The second-order valence-corrected chi connectivity index (χ2v) is 10.7. The molecule has 1 N–H and O–H groups in total. The third-order valence-electron chi connectivity index (χ3n) is 6.70. The lowest BCUT2D eigenvalue weighted by atomic mass is 10.0. The number of carbonyl (C=O) groups is 2. The fourth-order valence-electron chi connectivity index (χ4n) is 4.45. The number of amides is 1. The second-order valence-electron chi connectivity index (χ2n) is 9.88. The van der Waals surface area contributed by atoms with Gasteiger partial charge in [-0.2, -0.15) is 0 Å². The highest BCUT2D eigenvalue weighted by Crippen LogP contribution is 2.32. The van der Waals surface area contributed by atoms with Gasteiger partial charge in [0.2, 0.25) is 0 Å². The first-order valence-corrected chi connectivity index (χ1v) is 14.2. The number of ether oxygens (including phenoxy) is 1. The average Bonchev–Trinajstić information content (AvgIpc) is 3.48. The van der Waals surface area contributed by atoms with E-state index in [1.807, 2.05) is 98.1 Å². The Balaban J connectivity index is 1.21. The number of carbonyl (C=O) groups excluding carboxylic acids is 2. The summed E-state index contributed by atoms with van der Waals surface area (Å²) in [4.78, 5) is 39.7. The molecule has 0 bridgehead atoms. The van der Waals surface area contributed by atoms with Crippen molar-refractivity contribution in [3.8, 4) is 33.8 Å². The predicted octanol–water partition coefficient (Wildman–Crippen LogP) is 7.50. The molecule has 0 saturated heterocycles. The molecule has 42 heavy (non-hydrogen) atoms. The van der Waals surface area contributed by atoms with Gasteiger partial charge in [0.1, 0.15) is 0 Å². The van der Waals surface area contributed by atoms with E-state index >= 15 is 0 Å². The Morgan fingerprint density at radius 2 is 1.33 bits per heavy atom. The molecular weight excluding hydrogens is 544 g/mol. The smallest absolute Gasteiger partial charge is 0.338 e. The minimum atomic E-state index is -0.627. The van der Waals surface area contributed by atoms with Crippen molar-refractivity contribution in [2.45, 2.75) is 13.8 Å². The SMILES string of the molecule is Cc1ccc(-c2nc3ccc(C(=O)OCC(=O)Nc4nc(-c5ccccc5)cs4)cc3nc2-c2ccc(C)cc2)cc1. The standard InChI is InChI=1S/C34H26N4O3S/c1-21-8-12-24(13-9-21)31-32(25-14-10-22(2)11-15-25)36-28-18-26(16-17-27(28)35-31)33(40)41-19-30(39)38-34-37-29(20-42-34)23-6-4-3-5-7-23/h3-18,20H,19H2,1-2H3,(H,37,38,39). The molecule has 6 aromatic rings. The third kappa shape index (κ3) is 5.94. The van der Waals surface area contributed by atoms with Crippen molar-refractivity contribution in [2.24, 2.45) is 0 Å². The lowest BCUT2D eigenvalue weighted by Gasteiger charge is -2.12. The van der Waals surface area contributed by atoms with Crippen LogP contribution in [0.4, 0.5) is 5.13 Å². The van der Waals surface area contributed by atoms with Crippen LogP contribution in [-0.2, 0) is 9.53 Å². The van der Waals surface area contributed by atoms with Crippen LogP contribution >= 0.6 is 11.3 Å². The van der Waals surface area contributed by atoms with Crippen molar-refractivity contribution in [3.63, 3.8) is 0 Å². The fourth-order valence-corrected chi connectivity index (χ4v) is 5.18. The molecule has 7 nitrogen and oxygen atoms in total. The number of aryl methyl sites for hydroxylation is 2. The van der Waals surface area contributed by atoms with Crippen LogP contribution in [0.1, 0.15) is 21.5 Å². The molecule has 6 rings (SSSR count). The number of nitrogens with one attached hydrogen (secondary N) is 1. The molecule has 206 valence electrons. The van der Waals surface area contributed by atoms with E-state index in [0.717, 1.165) is 44.9 Å². The Morgan fingerprint density at radius 3 is 1.98 bits per heavy atom. The van der Waals surface area contributed by atoms with Crippen LogP contribution < -0.4 is 5.32 Å². The summed E-state index contributed by atoms with van der Waals surface area (Å²) < 4.78 is 5.31. The van der Waals surface area contributed by atoms with Gasteiger partial charge in [-0.15, -0.1) is 11.3 Å². The van der Waals surface area contributed by atoms with Gasteiger partial charge in [-0.3, -0.25) is 10.1 Å². The first-order valence-electron chi connectivity index (χ1n) is 13.4. The van der Waals surface area contributed by atoms with E-state index in [2.05, 4.69) is 10.3 Å². The van der Waals surface area contributed by atoms with E-state index in [-0.39, 0.29) is 5.56 Å². The fraction of sp³-hybridized carbons (Fsp3) is 0.0882. The largest absolute Gasteiger partial charge is 0.452 e. The van der Waals surface area contributed by atoms with E-state index in [1.54, 1.807) is 18.2 Å². The topological polar surface area (TPSA) is 94.1 Å². The zero-order chi connectivity index (χ0) is 29.1. The molecule has 1 amide bonds. The molecular formula is C34H26N4O3S. The van der Waals surface area contributed by atoms with Crippen molar-refractivity contribution in [3.05, 3.63) is 119 Å². The van der Waals surface area contributed by atoms with Gasteiger partial charge < -0.3 is 4.74 Å². The van der Waals surface area contributed by atoms with Gasteiger partial charge in [0.05, 0.1) is 33.7 Å². The Morgan fingerprint density at radius 1 is 0.714 bits per heavy atom. The van der Waals surface area contributed by atoms with Crippen LogP contribution in [0, 0.1) is 13.8 Å². The molecule has 0 saturated carbocycles. The Hall–Kier alpha value is -5.21. The maximum Gasteiger partial charge on any atom is 0.338 e. The molecule has 0 radical (unpaired) electrons. The molecule has 2 aromatic heterocycles. The second kappa shape index (κ2) is 11.7. The number of rotatable bonds is 7. The van der Waals surface area contributed by atoms with Crippen LogP contribution in [0.3, 0.4) is 0 Å². The quantitative estimate of drug-likeness (QED) is 0.200. The number of benzene rings is 4. The highest BCUT2D eigenvalue weighted by Gasteiger charge is 2.17. The van der Waals surface area contributed by atoms with E-state index in [4.69, 9.17) is 14.7 Å². The van der Waals surface area contributed by atoms with Gasteiger partial charge in [-0.1, -0.05) is 90.0 Å². The van der Waals surface area contributed by atoms with Crippen molar-refractivity contribution in [2.75, 3.05) is 11.9 Å². The van der Waals surface area contributed by atoms with Crippen molar-refractivity contribution >= 4 is 39.4 Å². The number of nitrogens with zero attached hydrogens (tertiary/aromatic N) is 3. The zero-order valence-electron chi connectivity index (χ0n) is 23.0. The van der Waals surface area contributed by atoms with Crippen molar-refractivity contribution in [1.82, 2.24) is 15.0 Å². The monoisotopic (exact) mass is 570 g/mol. The van der Waals surface area contributed by atoms with Gasteiger partial charge in [-0.05, 0) is 32.0 Å². The zero-order valence-corrected chi connectivity index (χ0v) is 23.8. The summed E-state index contributed by atoms with van der Waals surface area (Å²) in [6.07, 6.45) is 0. The Labute approximate surface area is 246 Å². The normalized spacial score (nSPS) is 10.9. The summed E-state index contributed by atoms with van der Waals surface area (Å²) in [5, 5.41) is 4.99. The number of aromatic nitrogens is 3. The van der Waals surface area contributed by atoms with Crippen molar-refractivity contribution < 1.29 is 14.3 Å². The molecule has 8 heteroatoms. The molecule has 0 unspecified atom stereocenters. The number of fused-ring (bicyclic) bond motifs is 1. The molecule has 0 aliphatic carbocycles. The van der Waals surface area contributed by atoms with Crippen LogP contribution in [0.5, 0.6) is 0 Å². The summed E-state index contributed by atoms with van der Waals surface area (Å²) in [6.45, 7) is 3.64. The van der Waals surface area contributed by atoms with Gasteiger partial charge in [-0.25, -0.2) is 19.7 Å². The summed E-state index contributed by atoms with van der Waals surface area (Å²) >= 11 is 1.31. The molecule has 0 fully saturated rings. The van der Waals surface area contributed by atoms with Crippen LogP contribution in [0.2, 0.25) is 0 Å². The van der Waals surface area contributed by atoms with Gasteiger partial charge in [0.15, 0.2) is 11.7 Å². The maximum atomic E-state index is 12.9. The first-order chi connectivity index (χ1) is 20.4. The molecule has 0 aliphatic heterocycles. The van der Waals surface area contributed by atoms with Gasteiger partial charge >= 0.3 is 5.97 Å². The summed E-state index contributed by atoms with van der Waals surface area (Å²) in [5.74, 6) is -1.10. The third-order valence-corrected chi connectivity index (χ3v) is 7.46. The highest BCUT2D eigenvalue weighted by molar-refractivity contribution is 7.14. The molecule has 4 aromatic carbocycles. The minimum absolute atomic E-state index is 0.281. The van der Waals surface area contributed by atoms with Gasteiger partial charge in [0.25, 0.3) is 5.91 Å². The Kier molecular flexibility index (Phi) is 7.53. The minimum Gasteiger partial charge on any atom is -0.452 e.